The molecule has 0 N–H and O–H groups in total. The van der Waals surface area contributed by atoms with Gasteiger partial charge in [0.2, 0.25) is 0 Å². The van der Waals surface area contributed by atoms with Crippen LogP contribution in [0.3, 0.4) is 0 Å². The van der Waals surface area contributed by atoms with Crippen LogP contribution >= 0.6 is 0 Å². The quantitative estimate of drug-likeness (QED) is 0.287. The monoisotopic (exact) mass is 104 g/mol. The first kappa shape index (κ1) is 22.9. The molecule has 40 valence electrons. The molecular formula is C4H10Li2O2. The van der Waals surface area contributed by atoms with E-state index in [1.807, 2.05) is 0 Å². The van der Waals surface area contributed by atoms with Gasteiger partial charge < -0.3 is 10.2 Å². The molecule has 0 atom stereocenters. The van der Waals surface area contributed by atoms with Crippen LogP contribution < -0.4 is 47.9 Å². The van der Waals surface area contributed by atoms with E-state index >= 15 is 0 Å². The van der Waals surface area contributed by atoms with Crippen LogP contribution in [0.5, 0.6) is 0 Å². The summed E-state index contributed by atoms with van der Waals surface area (Å²) in [5.41, 5.74) is 0. The Bertz CT molecular complexity index is 14.0. The molecule has 0 amide bonds. The maximum Gasteiger partial charge on any atom is 1.00 e. The molecule has 0 rings (SSSR count). The third-order valence-corrected chi connectivity index (χ3v) is 0. The van der Waals surface area contributed by atoms with Gasteiger partial charge >= 0.3 is 37.7 Å². The van der Waals surface area contributed by atoms with Crippen molar-refractivity contribution < 1.29 is 47.9 Å². The zero-order chi connectivity index (χ0) is 5.41. The van der Waals surface area contributed by atoms with Gasteiger partial charge in [0.05, 0.1) is 0 Å². The van der Waals surface area contributed by atoms with E-state index in [1.165, 1.54) is 0 Å². The Labute approximate surface area is 75.0 Å². The summed E-state index contributed by atoms with van der Waals surface area (Å²) in [5.74, 6) is 0. The van der Waals surface area contributed by atoms with Crippen molar-refractivity contribution in [1.82, 2.24) is 0 Å². The van der Waals surface area contributed by atoms with E-state index in [9.17, 15) is 0 Å². The van der Waals surface area contributed by atoms with E-state index in [1.54, 1.807) is 13.8 Å². The van der Waals surface area contributed by atoms with Gasteiger partial charge in [0.1, 0.15) is 0 Å². The Kier molecular flexibility index (Phi) is 121. The minimum atomic E-state index is 0. The molecule has 0 aromatic rings. The Morgan fingerprint density at radius 2 is 0.875 bits per heavy atom. The van der Waals surface area contributed by atoms with Crippen molar-refractivity contribution in [1.29, 1.82) is 0 Å². The van der Waals surface area contributed by atoms with Crippen molar-refractivity contribution in [2.45, 2.75) is 13.8 Å². The first-order valence-electron chi connectivity index (χ1n) is 1.99. The summed E-state index contributed by atoms with van der Waals surface area (Å²) in [5, 5.41) is 17.9. The second kappa shape index (κ2) is 42.3. The molecule has 0 bridgehead atoms. The van der Waals surface area contributed by atoms with Gasteiger partial charge in [0.25, 0.3) is 0 Å². The molecule has 0 aliphatic rings. The molecule has 0 aliphatic heterocycles. The minimum Gasteiger partial charge on any atom is -0.855 e. The molecule has 0 saturated heterocycles. The van der Waals surface area contributed by atoms with E-state index in [0.717, 1.165) is 0 Å². The Balaban J connectivity index is -0.0000000160. The van der Waals surface area contributed by atoms with E-state index in [2.05, 4.69) is 0 Å². The molecule has 0 aromatic carbocycles. The Morgan fingerprint density at radius 3 is 0.875 bits per heavy atom. The van der Waals surface area contributed by atoms with Crippen LogP contribution in [-0.4, -0.2) is 13.2 Å². The van der Waals surface area contributed by atoms with Gasteiger partial charge in [-0.25, -0.2) is 0 Å². The van der Waals surface area contributed by atoms with Crippen molar-refractivity contribution in [3.8, 4) is 0 Å². The maximum atomic E-state index is 8.93. The van der Waals surface area contributed by atoms with E-state index < -0.39 is 0 Å². The van der Waals surface area contributed by atoms with Crippen LogP contribution in [0.2, 0.25) is 0 Å². The van der Waals surface area contributed by atoms with E-state index in [4.69, 9.17) is 10.2 Å². The van der Waals surface area contributed by atoms with Crippen LogP contribution in [0.25, 0.3) is 0 Å². The number of hydrogen-bond donors (Lipinski definition) is 0. The summed E-state index contributed by atoms with van der Waals surface area (Å²) >= 11 is 0. The smallest absolute Gasteiger partial charge is 0.855 e. The van der Waals surface area contributed by atoms with Crippen LogP contribution in [0, 0.1) is 0 Å². The third kappa shape index (κ3) is 214. The molecule has 0 aromatic heterocycles. The SMILES string of the molecule is CC[O-].CC[O-].[Li+].[Li+]. The molecule has 0 heterocycles. The molecule has 0 spiro atoms. The van der Waals surface area contributed by atoms with Gasteiger partial charge in [-0.2, -0.15) is 0 Å². The molecule has 0 unspecified atom stereocenters. The third-order valence-electron chi connectivity index (χ3n) is 0. The maximum absolute atomic E-state index is 8.93. The van der Waals surface area contributed by atoms with E-state index in [0.29, 0.717) is 0 Å². The first-order valence-corrected chi connectivity index (χ1v) is 1.99. The van der Waals surface area contributed by atoms with Crippen molar-refractivity contribution in [2.75, 3.05) is 13.2 Å². The molecule has 4 heteroatoms. The van der Waals surface area contributed by atoms with Gasteiger partial charge in [-0.15, -0.1) is 13.2 Å². The molecular weight excluding hydrogens is 93.9 g/mol. The average molecular weight is 104 g/mol. The fourth-order valence-electron chi connectivity index (χ4n) is 0. The molecule has 0 fully saturated rings. The molecule has 0 aliphatic carbocycles. The van der Waals surface area contributed by atoms with Gasteiger partial charge in [-0.05, 0) is 0 Å². The van der Waals surface area contributed by atoms with Gasteiger partial charge in [-0.1, -0.05) is 13.8 Å². The standard InChI is InChI=1S/2C2H5O.2Li/c2*1-2-3;;/h2*2H2,1H3;;/q2*-1;2*+1. The minimum absolute atomic E-state index is 0. The zero-order valence-corrected chi connectivity index (χ0v) is 6.23. The summed E-state index contributed by atoms with van der Waals surface area (Å²) in [7, 11) is 0. The molecule has 8 heavy (non-hydrogen) atoms. The van der Waals surface area contributed by atoms with Gasteiger partial charge in [0.15, 0.2) is 0 Å². The largest absolute Gasteiger partial charge is 1.00 e. The van der Waals surface area contributed by atoms with Crippen molar-refractivity contribution in [3.05, 3.63) is 0 Å². The van der Waals surface area contributed by atoms with Crippen LogP contribution in [-0.2, 0) is 0 Å². The fraction of sp³-hybridized carbons (Fsp3) is 1.00. The van der Waals surface area contributed by atoms with Crippen molar-refractivity contribution in [2.24, 2.45) is 0 Å². The van der Waals surface area contributed by atoms with Crippen molar-refractivity contribution >= 4 is 0 Å². The van der Waals surface area contributed by atoms with Gasteiger partial charge in [0, 0.05) is 0 Å². The molecule has 0 saturated carbocycles. The number of hydrogen-bond acceptors (Lipinski definition) is 2. The second-order valence-corrected chi connectivity index (χ2v) is 0.577. The predicted octanol–water partition coefficient (Wildman–Crippen LogP) is -7.26. The normalized spacial score (nSPS) is 4.50. The van der Waals surface area contributed by atoms with Crippen LogP contribution in [0.4, 0.5) is 0 Å². The summed E-state index contributed by atoms with van der Waals surface area (Å²) in [6.45, 7) is 3.14. The molecule has 0 radical (unpaired) electrons. The summed E-state index contributed by atoms with van der Waals surface area (Å²) < 4.78 is 0. The summed E-state index contributed by atoms with van der Waals surface area (Å²) in [6, 6.07) is 0. The van der Waals surface area contributed by atoms with Crippen LogP contribution in [0.15, 0.2) is 0 Å². The number of rotatable bonds is 0. The molecule has 2 nitrogen and oxygen atoms in total. The predicted molar refractivity (Wildman–Crippen MR) is 21.1 cm³/mol. The zero-order valence-electron chi connectivity index (χ0n) is 6.23. The van der Waals surface area contributed by atoms with Crippen LogP contribution in [0.1, 0.15) is 13.8 Å². The Morgan fingerprint density at radius 1 is 0.875 bits per heavy atom. The fourth-order valence-corrected chi connectivity index (χ4v) is 0. The summed E-state index contributed by atoms with van der Waals surface area (Å²) in [4.78, 5) is 0. The first-order chi connectivity index (χ1) is 2.83. The van der Waals surface area contributed by atoms with Gasteiger partial charge in [-0.3, -0.25) is 0 Å². The second-order valence-electron chi connectivity index (χ2n) is 0.577. The topological polar surface area (TPSA) is 46.1 Å². The van der Waals surface area contributed by atoms with E-state index in [-0.39, 0.29) is 50.9 Å². The summed E-state index contributed by atoms with van der Waals surface area (Å²) in [6.07, 6.45) is 0. The Hall–Kier alpha value is 1.11. The van der Waals surface area contributed by atoms with Crippen molar-refractivity contribution in [3.63, 3.8) is 0 Å². The average Bonchev–Trinajstić information content (AvgIpc) is 1.39.